The van der Waals surface area contributed by atoms with Crippen LogP contribution in [-0.4, -0.2) is 32.1 Å². The average Bonchev–Trinajstić information content (AvgIpc) is 3.04. The average molecular weight is 287 g/mol. The molecule has 1 amide bonds. The number of carbonyl (C=O) groups excluding carboxylic acids is 1. The Kier molecular flexibility index (Phi) is 4.44. The normalized spacial score (nSPS) is 22.3. The minimum Gasteiger partial charge on any atom is -0.372 e. The Hall–Kier alpha value is -1.55. The van der Waals surface area contributed by atoms with Crippen LogP contribution in [-0.2, 0) is 4.79 Å². The first-order valence-electron chi connectivity index (χ1n) is 8.11. The molecule has 2 aliphatic heterocycles. The Morgan fingerprint density at radius 3 is 2.76 bits per heavy atom. The summed E-state index contributed by atoms with van der Waals surface area (Å²) in [5.74, 6) is 0.260. The van der Waals surface area contributed by atoms with Gasteiger partial charge in [-0.2, -0.15) is 0 Å². The van der Waals surface area contributed by atoms with E-state index in [0.717, 1.165) is 50.3 Å². The van der Waals surface area contributed by atoms with E-state index in [2.05, 4.69) is 40.7 Å². The second-order valence-corrected chi connectivity index (χ2v) is 6.23. The van der Waals surface area contributed by atoms with E-state index in [4.69, 9.17) is 0 Å². The van der Waals surface area contributed by atoms with Crippen molar-refractivity contribution in [3.05, 3.63) is 23.8 Å². The van der Waals surface area contributed by atoms with E-state index in [1.54, 1.807) is 0 Å². The summed E-state index contributed by atoms with van der Waals surface area (Å²) in [6, 6.07) is 6.38. The molecule has 2 saturated heterocycles. The van der Waals surface area contributed by atoms with Crippen molar-refractivity contribution < 1.29 is 4.79 Å². The molecule has 1 aromatic carbocycles. The van der Waals surface area contributed by atoms with Crippen molar-refractivity contribution in [1.29, 1.82) is 0 Å². The van der Waals surface area contributed by atoms with Crippen molar-refractivity contribution in [3.8, 4) is 0 Å². The fraction of sp³-hybridized carbons (Fsp3) is 0.588. The highest BCUT2D eigenvalue weighted by molar-refractivity contribution is 5.93. The minimum absolute atomic E-state index is 0.108. The summed E-state index contributed by atoms with van der Waals surface area (Å²) in [5, 5.41) is 6.40. The molecule has 114 valence electrons. The van der Waals surface area contributed by atoms with Gasteiger partial charge in [0.05, 0.1) is 5.92 Å². The smallest absolute Gasteiger partial charge is 0.228 e. The second kappa shape index (κ2) is 6.48. The standard InChI is InChI=1S/C17H25N3O/c1-13-11-15(20-9-2-3-10-20)6-7-16(13)19-17(21)14-5-4-8-18-12-14/h6-7,11,14,18H,2-5,8-10,12H2,1H3,(H,19,21)/t14-/m1/s1. The van der Waals surface area contributed by atoms with E-state index in [-0.39, 0.29) is 11.8 Å². The largest absolute Gasteiger partial charge is 0.372 e. The molecule has 2 N–H and O–H groups in total. The van der Waals surface area contributed by atoms with Crippen LogP contribution in [0.1, 0.15) is 31.2 Å². The third-order valence-electron chi connectivity index (χ3n) is 4.61. The van der Waals surface area contributed by atoms with E-state index in [9.17, 15) is 4.79 Å². The minimum atomic E-state index is 0.108. The molecule has 2 fully saturated rings. The SMILES string of the molecule is Cc1cc(N2CCCC2)ccc1NC(=O)[C@@H]1CCCNC1. The fourth-order valence-corrected chi connectivity index (χ4v) is 3.27. The molecule has 2 aliphatic rings. The number of hydrogen-bond donors (Lipinski definition) is 2. The van der Waals surface area contributed by atoms with Crippen molar-refractivity contribution in [3.63, 3.8) is 0 Å². The quantitative estimate of drug-likeness (QED) is 0.898. The Labute approximate surface area is 126 Å². The lowest BCUT2D eigenvalue weighted by atomic mass is 9.98. The van der Waals surface area contributed by atoms with Crippen LogP contribution in [0, 0.1) is 12.8 Å². The van der Waals surface area contributed by atoms with Crippen LogP contribution in [0.3, 0.4) is 0 Å². The van der Waals surface area contributed by atoms with Gasteiger partial charge in [0.2, 0.25) is 5.91 Å². The van der Waals surface area contributed by atoms with E-state index in [1.807, 2.05) is 0 Å². The Balaban J connectivity index is 1.66. The van der Waals surface area contributed by atoms with Gasteiger partial charge in [-0.25, -0.2) is 0 Å². The molecule has 2 heterocycles. The molecule has 1 atom stereocenters. The number of carbonyl (C=O) groups is 1. The first kappa shape index (κ1) is 14.4. The summed E-state index contributed by atoms with van der Waals surface area (Å²) in [6.45, 7) is 6.22. The fourth-order valence-electron chi connectivity index (χ4n) is 3.27. The lowest BCUT2D eigenvalue weighted by Crippen LogP contribution is -2.37. The van der Waals surface area contributed by atoms with Gasteiger partial charge in [0.25, 0.3) is 0 Å². The van der Waals surface area contributed by atoms with E-state index < -0.39 is 0 Å². The number of rotatable bonds is 3. The first-order chi connectivity index (χ1) is 10.2. The van der Waals surface area contributed by atoms with E-state index in [0.29, 0.717) is 0 Å². The number of nitrogens with zero attached hydrogens (tertiary/aromatic N) is 1. The summed E-state index contributed by atoms with van der Waals surface area (Å²) >= 11 is 0. The van der Waals surface area contributed by atoms with Crippen molar-refractivity contribution in [2.75, 3.05) is 36.4 Å². The van der Waals surface area contributed by atoms with Crippen LogP contribution in [0.25, 0.3) is 0 Å². The van der Waals surface area contributed by atoms with Crippen molar-refractivity contribution in [1.82, 2.24) is 5.32 Å². The van der Waals surface area contributed by atoms with Gasteiger partial charge >= 0.3 is 0 Å². The monoisotopic (exact) mass is 287 g/mol. The van der Waals surface area contributed by atoms with Gasteiger partial charge in [-0.3, -0.25) is 4.79 Å². The van der Waals surface area contributed by atoms with Crippen LogP contribution >= 0.6 is 0 Å². The molecule has 0 radical (unpaired) electrons. The van der Waals surface area contributed by atoms with Gasteiger partial charge in [0, 0.05) is 31.0 Å². The molecule has 0 saturated carbocycles. The molecule has 1 aromatic rings. The van der Waals surface area contributed by atoms with E-state index in [1.165, 1.54) is 18.5 Å². The maximum absolute atomic E-state index is 12.3. The number of anilines is 2. The summed E-state index contributed by atoms with van der Waals surface area (Å²) in [5.41, 5.74) is 3.38. The number of nitrogens with one attached hydrogen (secondary N) is 2. The van der Waals surface area contributed by atoms with Gasteiger partial charge in [0.1, 0.15) is 0 Å². The van der Waals surface area contributed by atoms with Gasteiger partial charge in [-0.1, -0.05) is 0 Å². The number of piperidine rings is 1. The van der Waals surface area contributed by atoms with Crippen LogP contribution in [0.15, 0.2) is 18.2 Å². The molecule has 3 rings (SSSR count). The maximum atomic E-state index is 12.3. The van der Waals surface area contributed by atoms with Crippen LogP contribution in [0.5, 0.6) is 0 Å². The summed E-state index contributed by atoms with van der Waals surface area (Å²) in [6.07, 6.45) is 4.65. The van der Waals surface area contributed by atoms with Crippen molar-refractivity contribution >= 4 is 17.3 Å². The zero-order chi connectivity index (χ0) is 14.7. The second-order valence-electron chi connectivity index (χ2n) is 6.23. The predicted octanol–water partition coefficient (Wildman–Crippen LogP) is 2.53. The number of amides is 1. The Bertz CT molecular complexity index is 503. The molecule has 0 aromatic heterocycles. The molecular weight excluding hydrogens is 262 g/mol. The number of benzene rings is 1. The molecule has 4 nitrogen and oxygen atoms in total. The zero-order valence-corrected chi connectivity index (χ0v) is 12.8. The molecule has 0 spiro atoms. The lowest BCUT2D eigenvalue weighted by Gasteiger charge is -2.23. The topological polar surface area (TPSA) is 44.4 Å². The van der Waals surface area contributed by atoms with Crippen LogP contribution in [0.4, 0.5) is 11.4 Å². The van der Waals surface area contributed by atoms with Gasteiger partial charge in [-0.05, 0) is 62.9 Å². The summed E-state index contributed by atoms with van der Waals surface area (Å²) in [4.78, 5) is 14.7. The molecule has 21 heavy (non-hydrogen) atoms. The molecular formula is C17H25N3O. The van der Waals surface area contributed by atoms with E-state index >= 15 is 0 Å². The third-order valence-corrected chi connectivity index (χ3v) is 4.61. The summed E-state index contributed by atoms with van der Waals surface area (Å²) in [7, 11) is 0. The highest BCUT2D eigenvalue weighted by atomic mass is 16.1. The van der Waals surface area contributed by atoms with Crippen molar-refractivity contribution in [2.24, 2.45) is 5.92 Å². The van der Waals surface area contributed by atoms with Crippen LogP contribution < -0.4 is 15.5 Å². The summed E-state index contributed by atoms with van der Waals surface area (Å²) < 4.78 is 0. The first-order valence-corrected chi connectivity index (χ1v) is 8.11. The number of hydrogen-bond acceptors (Lipinski definition) is 3. The van der Waals surface area contributed by atoms with Crippen LogP contribution in [0.2, 0.25) is 0 Å². The predicted molar refractivity (Wildman–Crippen MR) is 86.8 cm³/mol. The van der Waals surface area contributed by atoms with Gasteiger partial charge in [0.15, 0.2) is 0 Å². The molecule has 4 heteroatoms. The molecule has 0 aliphatic carbocycles. The maximum Gasteiger partial charge on any atom is 0.228 e. The van der Waals surface area contributed by atoms with Gasteiger partial charge < -0.3 is 15.5 Å². The highest BCUT2D eigenvalue weighted by Gasteiger charge is 2.21. The molecule has 0 unspecified atom stereocenters. The third kappa shape index (κ3) is 3.38. The molecule has 0 bridgehead atoms. The van der Waals surface area contributed by atoms with Gasteiger partial charge in [-0.15, -0.1) is 0 Å². The van der Waals surface area contributed by atoms with Crippen molar-refractivity contribution in [2.45, 2.75) is 32.6 Å². The number of aryl methyl sites for hydroxylation is 1. The Morgan fingerprint density at radius 1 is 1.29 bits per heavy atom. The lowest BCUT2D eigenvalue weighted by molar-refractivity contribution is -0.120. The Morgan fingerprint density at radius 2 is 2.10 bits per heavy atom. The zero-order valence-electron chi connectivity index (χ0n) is 12.8. The highest BCUT2D eigenvalue weighted by Crippen LogP contribution is 2.26.